The second-order valence-corrected chi connectivity index (χ2v) is 2.97. The van der Waals surface area contributed by atoms with Crippen molar-refractivity contribution in [2.75, 3.05) is 0 Å². The Morgan fingerprint density at radius 2 is 1.57 bits per heavy atom. The van der Waals surface area contributed by atoms with Crippen LogP contribution >= 0.6 is 0 Å². The summed E-state index contributed by atoms with van der Waals surface area (Å²) in [6.07, 6.45) is 22.6. The predicted molar refractivity (Wildman–Crippen MR) is 56.0 cm³/mol. The summed E-state index contributed by atoms with van der Waals surface area (Å²) in [5.74, 6) is 0. The fraction of sp³-hybridized carbons (Fsp3) is 0.0769. The van der Waals surface area contributed by atoms with E-state index in [4.69, 9.17) is 0 Å². The molecule has 0 unspecified atom stereocenters. The van der Waals surface area contributed by atoms with Crippen molar-refractivity contribution >= 4 is 0 Å². The van der Waals surface area contributed by atoms with Crippen molar-refractivity contribution < 1.29 is 18.6 Å². The Morgan fingerprint density at radius 3 is 1.93 bits per heavy atom. The normalized spacial score (nSPS) is 18.3. The molecule has 0 saturated carbocycles. The standard InChI is InChI=1S/C8H6.C5H5.V/c1-3-7-5-2-6-8(7)4-1;1-2-4-5-3-1;/h1-6H;1-3H,4H2;/q;-1;. The molecule has 0 aromatic carbocycles. The number of hydrogen-bond acceptors (Lipinski definition) is 0. The van der Waals surface area contributed by atoms with E-state index in [1.54, 1.807) is 0 Å². The van der Waals surface area contributed by atoms with Crippen LogP contribution in [0.25, 0.3) is 0 Å². The van der Waals surface area contributed by atoms with Crippen LogP contribution in [-0.4, -0.2) is 0 Å². The van der Waals surface area contributed by atoms with E-state index in [0.717, 1.165) is 6.42 Å². The second kappa shape index (κ2) is 5.69. The first-order chi connectivity index (χ1) is 6.47. The summed E-state index contributed by atoms with van der Waals surface area (Å²) in [5.41, 5.74) is 2.70. The van der Waals surface area contributed by atoms with Gasteiger partial charge in [-0.05, 0) is 11.1 Å². The van der Waals surface area contributed by atoms with Gasteiger partial charge < -0.3 is 0 Å². The number of fused-ring (bicyclic) bond motifs is 1. The maximum atomic E-state index is 2.99. The Hall–Kier alpha value is -0.976. The van der Waals surface area contributed by atoms with Crippen LogP contribution in [0.15, 0.2) is 65.8 Å². The molecule has 0 aromatic heterocycles. The third-order valence-corrected chi connectivity index (χ3v) is 2.02. The molecule has 69 valence electrons. The van der Waals surface area contributed by atoms with E-state index in [9.17, 15) is 0 Å². The molecule has 0 atom stereocenters. The van der Waals surface area contributed by atoms with Gasteiger partial charge in [0.2, 0.25) is 0 Å². The van der Waals surface area contributed by atoms with Gasteiger partial charge in [-0.25, -0.2) is 12.2 Å². The largest absolute Gasteiger partial charge is 0.273 e. The van der Waals surface area contributed by atoms with Crippen LogP contribution in [0.5, 0.6) is 0 Å². The van der Waals surface area contributed by atoms with E-state index in [-0.39, 0.29) is 18.6 Å². The third-order valence-electron chi connectivity index (χ3n) is 2.02. The van der Waals surface area contributed by atoms with Crippen LogP contribution in [0.2, 0.25) is 0 Å². The van der Waals surface area contributed by atoms with Crippen LogP contribution in [0.1, 0.15) is 6.42 Å². The third kappa shape index (κ3) is 2.76. The molecule has 3 aliphatic rings. The van der Waals surface area contributed by atoms with Crippen molar-refractivity contribution in [2.24, 2.45) is 0 Å². The van der Waals surface area contributed by atoms with Crippen LogP contribution in [0.4, 0.5) is 0 Å². The number of allylic oxidation sites excluding steroid dienone is 12. The zero-order chi connectivity index (χ0) is 8.93. The molecule has 0 N–H and O–H groups in total. The van der Waals surface area contributed by atoms with Gasteiger partial charge in [0.25, 0.3) is 0 Å². The molecule has 14 heavy (non-hydrogen) atoms. The summed E-state index contributed by atoms with van der Waals surface area (Å²) in [7, 11) is 0. The summed E-state index contributed by atoms with van der Waals surface area (Å²) in [6, 6.07) is 0. The SMILES string of the molecule is C1=CC2=CC=CC2=C1.[C-]1=CC=CC1.[V]. The van der Waals surface area contributed by atoms with Crippen molar-refractivity contribution in [3.05, 3.63) is 71.9 Å². The maximum absolute atomic E-state index is 2.99. The molecule has 0 fully saturated rings. The molecule has 3 rings (SSSR count). The van der Waals surface area contributed by atoms with E-state index >= 15 is 0 Å². The quantitative estimate of drug-likeness (QED) is 0.547. The Morgan fingerprint density at radius 1 is 0.929 bits per heavy atom. The van der Waals surface area contributed by atoms with Crippen LogP contribution < -0.4 is 0 Å². The minimum Gasteiger partial charge on any atom is -0.273 e. The van der Waals surface area contributed by atoms with Crippen molar-refractivity contribution in [3.8, 4) is 0 Å². The van der Waals surface area contributed by atoms with Gasteiger partial charge in [-0.1, -0.05) is 36.5 Å². The van der Waals surface area contributed by atoms with Gasteiger partial charge in [0.1, 0.15) is 0 Å². The van der Waals surface area contributed by atoms with Gasteiger partial charge in [0, 0.05) is 18.6 Å². The summed E-state index contributed by atoms with van der Waals surface area (Å²) >= 11 is 0. The number of rotatable bonds is 0. The fourth-order valence-corrected chi connectivity index (χ4v) is 1.35. The monoisotopic (exact) mass is 218 g/mol. The molecule has 0 aliphatic heterocycles. The summed E-state index contributed by atoms with van der Waals surface area (Å²) in [6.45, 7) is 0. The Labute approximate surface area is 97.0 Å². The van der Waals surface area contributed by atoms with E-state index in [0.29, 0.717) is 0 Å². The minimum atomic E-state index is 0. The first-order valence-electron chi connectivity index (χ1n) is 4.46. The topological polar surface area (TPSA) is 0 Å². The van der Waals surface area contributed by atoms with E-state index in [2.05, 4.69) is 48.6 Å². The van der Waals surface area contributed by atoms with Gasteiger partial charge in [-0.3, -0.25) is 6.08 Å². The molecule has 3 aliphatic carbocycles. The summed E-state index contributed by atoms with van der Waals surface area (Å²) < 4.78 is 0. The van der Waals surface area contributed by atoms with Crippen LogP contribution in [-0.2, 0) is 18.6 Å². The van der Waals surface area contributed by atoms with Crippen LogP contribution in [0, 0.1) is 6.08 Å². The molecule has 0 aromatic rings. The molecule has 1 heteroatoms. The zero-order valence-electron chi connectivity index (χ0n) is 7.85. The Balaban J connectivity index is 0.000000144. The maximum Gasteiger partial charge on any atom is 0 e. The molecule has 0 bridgehead atoms. The van der Waals surface area contributed by atoms with Gasteiger partial charge in [0.05, 0.1) is 0 Å². The number of hydrogen-bond donors (Lipinski definition) is 0. The van der Waals surface area contributed by atoms with Crippen molar-refractivity contribution in [1.82, 2.24) is 0 Å². The van der Waals surface area contributed by atoms with E-state index in [1.807, 2.05) is 12.2 Å². The fourth-order valence-electron chi connectivity index (χ4n) is 1.35. The average molecular weight is 218 g/mol. The van der Waals surface area contributed by atoms with Crippen LogP contribution in [0.3, 0.4) is 0 Å². The first kappa shape index (κ1) is 11.1. The van der Waals surface area contributed by atoms with Gasteiger partial charge in [-0.2, -0.15) is 6.08 Å². The molecule has 0 spiro atoms. The zero-order valence-corrected chi connectivity index (χ0v) is 9.25. The molecular formula is C13H11V-. The van der Waals surface area contributed by atoms with Crippen molar-refractivity contribution in [2.45, 2.75) is 6.42 Å². The summed E-state index contributed by atoms with van der Waals surface area (Å²) in [5, 5.41) is 0. The van der Waals surface area contributed by atoms with E-state index in [1.165, 1.54) is 11.1 Å². The molecule has 0 amide bonds. The first-order valence-corrected chi connectivity index (χ1v) is 4.46. The summed E-state index contributed by atoms with van der Waals surface area (Å²) in [4.78, 5) is 0. The molecule has 1 radical (unpaired) electrons. The molecule has 0 heterocycles. The van der Waals surface area contributed by atoms with Gasteiger partial charge in [-0.15, -0.1) is 6.42 Å². The van der Waals surface area contributed by atoms with E-state index < -0.39 is 0 Å². The van der Waals surface area contributed by atoms with Gasteiger partial charge in [0.15, 0.2) is 0 Å². The van der Waals surface area contributed by atoms with Crippen molar-refractivity contribution in [3.63, 3.8) is 0 Å². The predicted octanol–water partition coefficient (Wildman–Crippen LogP) is 3.28. The molecule has 0 nitrogen and oxygen atoms in total. The molecular weight excluding hydrogens is 207 g/mol. The smallest absolute Gasteiger partial charge is 0 e. The Bertz CT molecular complexity index is 327. The minimum absolute atomic E-state index is 0. The van der Waals surface area contributed by atoms with Gasteiger partial charge >= 0.3 is 0 Å². The molecule has 0 saturated heterocycles. The second-order valence-electron chi connectivity index (χ2n) is 2.97. The van der Waals surface area contributed by atoms with Crippen molar-refractivity contribution in [1.29, 1.82) is 0 Å². The average Bonchev–Trinajstić information content (AvgIpc) is 2.84. The Kier molecular flexibility index (Phi) is 4.51.